The molecule has 0 bridgehead atoms. The van der Waals surface area contributed by atoms with Gasteiger partial charge in [-0.2, -0.15) is 0 Å². The Bertz CT molecular complexity index is 1400. The zero-order chi connectivity index (χ0) is 38.5. The summed E-state index contributed by atoms with van der Waals surface area (Å²) in [6, 6.07) is 8.82. The van der Waals surface area contributed by atoms with Crippen LogP contribution in [-0.2, 0) is 36.9 Å². The van der Waals surface area contributed by atoms with Crippen LogP contribution in [0.25, 0.3) is 0 Å². The highest BCUT2D eigenvalue weighted by molar-refractivity contribution is 5.85. The fraction of sp³-hybridized carbons (Fsp3) is 0.610. The Hall–Kier alpha value is -3.70. The van der Waals surface area contributed by atoms with E-state index in [1.54, 1.807) is 19.2 Å². The smallest absolute Gasteiger partial charge is 0.220 e. The number of halogens is 2. The van der Waals surface area contributed by atoms with Crippen LogP contribution < -0.4 is 15.4 Å². The quantitative estimate of drug-likeness (QED) is 0.0821. The fourth-order valence-corrected chi connectivity index (χ4v) is 5.84. The van der Waals surface area contributed by atoms with Crippen LogP contribution in [0.4, 0.5) is 8.78 Å². The minimum atomic E-state index is -1.48. The van der Waals surface area contributed by atoms with Crippen molar-refractivity contribution in [3.05, 3.63) is 65.2 Å². The van der Waals surface area contributed by atoms with E-state index in [2.05, 4.69) is 10.6 Å². The van der Waals surface area contributed by atoms with E-state index in [9.17, 15) is 33.1 Å². The molecule has 0 radical (unpaired) electrons. The zero-order valence-electron chi connectivity index (χ0n) is 31.7. The molecule has 0 saturated carbocycles. The van der Waals surface area contributed by atoms with Crippen molar-refractivity contribution >= 4 is 23.4 Å². The Kier molecular flexibility index (Phi) is 20.3. The second-order valence-corrected chi connectivity index (χ2v) is 14.5. The number of hydrogen-bond acceptors (Lipinski definition) is 7. The van der Waals surface area contributed by atoms with Gasteiger partial charge >= 0.3 is 0 Å². The first-order valence-electron chi connectivity index (χ1n) is 18.7. The number of carbonyl (C=O) groups excluding carboxylic acids is 4. The van der Waals surface area contributed by atoms with Gasteiger partial charge in [0, 0.05) is 38.1 Å². The number of amides is 2. The SMILES string of the molecule is CCCCCC(=O)NC(CC(=O)CCC(C)(C)CCC(=O)C(O)C(COCc1ccc(OC)cc1)NC(=O)CCCCC)Cc1cc(F)ccc1F. The second-order valence-electron chi connectivity index (χ2n) is 14.5. The number of aliphatic hydroxyl groups excluding tert-OH is 1. The van der Waals surface area contributed by atoms with E-state index < -0.39 is 41.0 Å². The lowest BCUT2D eigenvalue weighted by Gasteiger charge is -2.27. The molecule has 2 amide bonds. The van der Waals surface area contributed by atoms with Gasteiger partial charge in [0.05, 0.1) is 26.4 Å². The molecule has 2 rings (SSSR count). The lowest BCUT2D eigenvalue weighted by atomic mass is 9.81. The summed E-state index contributed by atoms with van der Waals surface area (Å²) in [6.07, 6.45) is 5.10. The van der Waals surface area contributed by atoms with E-state index in [0.717, 1.165) is 49.4 Å². The van der Waals surface area contributed by atoms with E-state index in [1.165, 1.54) is 0 Å². The number of Topliss-reactive ketones (excluding diaryl/α,β-unsaturated/α-hetero) is 2. The van der Waals surface area contributed by atoms with Gasteiger partial charge in [0.2, 0.25) is 11.8 Å². The van der Waals surface area contributed by atoms with Crippen LogP contribution in [0.15, 0.2) is 42.5 Å². The summed E-state index contributed by atoms with van der Waals surface area (Å²) in [5.41, 5.74) is 0.501. The van der Waals surface area contributed by atoms with E-state index in [0.29, 0.717) is 31.4 Å². The highest BCUT2D eigenvalue weighted by Gasteiger charge is 2.30. The molecule has 11 heteroatoms. The monoisotopic (exact) mass is 730 g/mol. The highest BCUT2D eigenvalue weighted by atomic mass is 19.1. The van der Waals surface area contributed by atoms with Gasteiger partial charge in [0.15, 0.2) is 5.78 Å². The standard InChI is InChI=1S/C41H60F2N2O7/c1-6-8-10-12-38(48)44-32(25-30-24-31(42)16-19-35(30)43)26-33(46)20-22-41(3,4)23-21-37(47)40(50)36(45-39(49)13-11-9-7-2)28-52-27-29-14-17-34(51-5)18-15-29/h14-19,24,32,36,40,50H,6-13,20-23,25-28H2,1-5H3,(H,44,48)(H,45,49). The molecule has 0 fully saturated rings. The molecule has 0 heterocycles. The van der Waals surface area contributed by atoms with E-state index >= 15 is 0 Å². The number of ketones is 2. The minimum Gasteiger partial charge on any atom is -0.497 e. The molecule has 0 aliphatic rings. The molecule has 9 nitrogen and oxygen atoms in total. The first-order valence-corrected chi connectivity index (χ1v) is 18.7. The zero-order valence-corrected chi connectivity index (χ0v) is 31.7. The summed E-state index contributed by atoms with van der Waals surface area (Å²) in [5.74, 6) is -1.56. The number of nitrogens with one attached hydrogen (secondary N) is 2. The van der Waals surface area contributed by atoms with Crippen LogP contribution in [0.1, 0.15) is 122 Å². The molecule has 2 aromatic carbocycles. The molecule has 3 atom stereocenters. The minimum absolute atomic E-state index is 0.0231. The molecule has 290 valence electrons. The van der Waals surface area contributed by atoms with E-state index in [-0.39, 0.29) is 74.9 Å². The van der Waals surface area contributed by atoms with Crippen LogP contribution in [0.2, 0.25) is 0 Å². The maximum absolute atomic E-state index is 14.5. The van der Waals surface area contributed by atoms with Gasteiger partial charge in [-0.1, -0.05) is 65.5 Å². The fourth-order valence-electron chi connectivity index (χ4n) is 5.84. The predicted molar refractivity (Wildman–Crippen MR) is 198 cm³/mol. The van der Waals surface area contributed by atoms with Gasteiger partial charge in [0.25, 0.3) is 0 Å². The molecule has 2 aromatic rings. The first kappa shape index (κ1) is 44.5. The van der Waals surface area contributed by atoms with Gasteiger partial charge in [-0.25, -0.2) is 8.78 Å². The van der Waals surface area contributed by atoms with Gasteiger partial charge in [-0.15, -0.1) is 0 Å². The van der Waals surface area contributed by atoms with Crippen molar-refractivity contribution in [2.45, 2.75) is 142 Å². The number of aliphatic hydroxyl groups is 1. The van der Waals surface area contributed by atoms with Crippen LogP contribution in [0.5, 0.6) is 5.75 Å². The van der Waals surface area contributed by atoms with Crippen LogP contribution in [0.3, 0.4) is 0 Å². The van der Waals surface area contributed by atoms with Crippen molar-refractivity contribution in [1.29, 1.82) is 0 Å². The molecule has 0 aliphatic heterocycles. The number of rotatable bonds is 27. The number of benzene rings is 2. The Labute approximate surface area is 308 Å². The van der Waals surface area contributed by atoms with Crippen molar-refractivity contribution in [3.8, 4) is 5.75 Å². The lowest BCUT2D eigenvalue weighted by molar-refractivity contribution is -0.132. The second kappa shape index (κ2) is 23.8. The Balaban J connectivity index is 1.98. The van der Waals surface area contributed by atoms with E-state index in [1.807, 2.05) is 39.8 Å². The number of methoxy groups -OCH3 is 1. The Morgan fingerprint density at radius 2 is 1.44 bits per heavy atom. The number of hydrogen-bond donors (Lipinski definition) is 3. The molecule has 0 aliphatic carbocycles. The molecular formula is C41H60F2N2O7. The first-order chi connectivity index (χ1) is 24.8. The average molecular weight is 731 g/mol. The molecule has 3 N–H and O–H groups in total. The van der Waals surface area contributed by atoms with Crippen LogP contribution in [-0.4, -0.2) is 60.4 Å². The summed E-state index contributed by atoms with van der Waals surface area (Å²) >= 11 is 0. The van der Waals surface area contributed by atoms with Crippen molar-refractivity contribution in [1.82, 2.24) is 10.6 Å². The lowest BCUT2D eigenvalue weighted by Crippen LogP contribution is -2.49. The molecule has 52 heavy (non-hydrogen) atoms. The molecule has 0 spiro atoms. The Morgan fingerprint density at radius 3 is 2.06 bits per heavy atom. The summed E-state index contributed by atoms with van der Waals surface area (Å²) < 4.78 is 39.3. The largest absolute Gasteiger partial charge is 0.497 e. The maximum atomic E-state index is 14.5. The highest BCUT2D eigenvalue weighted by Crippen LogP contribution is 2.29. The number of ether oxygens (including phenoxy) is 2. The maximum Gasteiger partial charge on any atom is 0.220 e. The third-order valence-corrected chi connectivity index (χ3v) is 9.24. The van der Waals surface area contributed by atoms with Gasteiger partial charge < -0.3 is 25.2 Å². The third kappa shape index (κ3) is 17.7. The summed E-state index contributed by atoms with van der Waals surface area (Å²) in [6.45, 7) is 8.08. The van der Waals surface area contributed by atoms with E-state index in [4.69, 9.17) is 9.47 Å². The van der Waals surface area contributed by atoms with Gasteiger partial charge in [-0.05, 0) is 79.0 Å². The Morgan fingerprint density at radius 1 is 0.827 bits per heavy atom. The van der Waals surface area contributed by atoms with Crippen molar-refractivity contribution in [2.24, 2.45) is 5.41 Å². The third-order valence-electron chi connectivity index (χ3n) is 9.24. The molecule has 0 saturated heterocycles. The van der Waals surface area contributed by atoms with Crippen LogP contribution >= 0.6 is 0 Å². The van der Waals surface area contributed by atoms with Crippen molar-refractivity contribution < 1.29 is 42.5 Å². The number of unbranched alkanes of at least 4 members (excludes halogenated alkanes) is 4. The van der Waals surface area contributed by atoms with Crippen molar-refractivity contribution in [3.63, 3.8) is 0 Å². The van der Waals surface area contributed by atoms with Crippen molar-refractivity contribution in [2.75, 3.05) is 13.7 Å². The van der Waals surface area contributed by atoms with Gasteiger partial charge in [-0.3, -0.25) is 19.2 Å². The predicted octanol–water partition coefficient (Wildman–Crippen LogP) is 7.34. The molecule has 0 aromatic heterocycles. The molecule has 3 unspecified atom stereocenters. The summed E-state index contributed by atoms with van der Waals surface area (Å²) in [5, 5.41) is 16.7. The van der Waals surface area contributed by atoms with Crippen LogP contribution in [0, 0.1) is 17.0 Å². The topological polar surface area (TPSA) is 131 Å². The van der Waals surface area contributed by atoms with Gasteiger partial charge in [0.1, 0.15) is 29.3 Å². The number of carbonyl (C=O) groups is 4. The summed E-state index contributed by atoms with van der Waals surface area (Å²) in [4.78, 5) is 51.7. The normalized spacial score (nSPS) is 13.2. The summed E-state index contributed by atoms with van der Waals surface area (Å²) in [7, 11) is 1.58. The average Bonchev–Trinajstić information content (AvgIpc) is 3.11. The molecular weight excluding hydrogens is 670 g/mol.